The Morgan fingerprint density at radius 1 is 0.829 bits per heavy atom. The van der Waals surface area contributed by atoms with E-state index in [1.54, 1.807) is 48.5 Å². The van der Waals surface area contributed by atoms with E-state index in [1.165, 1.54) is 0 Å². The first-order valence-corrected chi connectivity index (χ1v) is 11.8. The van der Waals surface area contributed by atoms with Crippen LogP contribution in [0.2, 0.25) is 0 Å². The molecule has 0 bridgehead atoms. The van der Waals surface area contributed by atoms with Crippen LogP contribution in [0.1, 0.15) is 29.3 Å². The molecule has 0 aromatic heterocycles. The molecule has 3 aromatic rings. The minimum Gasteiger partial charge on any atom is -0.491 e. The summed E-state index contributed by atoms with van der Waals surface area (Å²) >= 11 is 5.25. The van der Waals surface area contributed by atoms with Gasteiger partial charge in [0, 0.05) is 30.0 Å². The van der Waals surface area contributed by atoms with E-state index in [2.05, 4.69) is 16.0 Å². The SMILES string of the molecule is CCOCCOc1ccc(C(=O)NC(=S)Nc2ccc(NC(=O)CCc3ccccc3)cc2)cc1. The first kappa shape index (κ1) is 25.9. The molecule has 3 rings (SSSR count). The number of nitrogens with one attached hydrogen (secondary N) is 3. The Kier molecular flexibility index (Phi) is 10.2. The molecule has 0 fully saturated rings. The normalized spacial score (nSPS) is 10.3. The van der Waals surface area contributed by atoms with Gasteiger partial charge in [0.25, 0.3) is 5.91 Å². The van der Waals surface area contributed by atoms with Gasteiger partial charge in [0.05, 0.1) is 6.61 Å². The van der Waals surface area contributed by atoms with E-state index in [9.17, 15) is 9.59 Å². The minimum atomic E-state index is -0.328. The molecule has 3 aromatic carbocycles. The maximum Gasteiger partial charge on any atom is 0.257 e. The molecule has 8 heteroatoms. The average Bonchev–Trinajstić information content (AvgIpc) is 2.87. The molecule has 0 saturated heterocycles. The minimum absolute atomic E-state index is 0.0527. The number of rotatable bonds is 11. The third-order valence-corrected chi connectivity index (χ3v) is 5.16. The van der Waals surface area contributed by atoms with Gasteiger partial charge in [0.2, 0.25) is 5.91 Å². The van der Waals surface area contributed by atoms with Crippen molar-refractivity contribution in [3.8, 4) is 5.75 Å². The largest absolute Gasteiger partial charge is 0.491 e. The summed E-state index contributed by atoms with van der Waals surface area (Å²) in [5.41, 5.74) is 2.96. The number of carbonyl (C=O) groups excluding carboxylic acids is 2. The number of hydrogen-bond acceptors (Lipinski definition) is 5. The monoisotopic (exact) mass is 491 g/mol. The maximum absolute atomic E-state index is 12.4. The van der Waals surface area contributed by atoms with Crippen molar-refractivity contribution >= 4 is 40.5 Å². The fraction of sp³-hybridized carbons (Fsp3) is 0.222. The van der Waals surface area contributed by atoms with Crippen molar-refractivity contribution in [3.63, 3.8) is 0 Å². The second-order valence-corrected chi connectivity index (χ2v) is 8.00. The molecule has 0 aliphatic rings. The van der Waals surface area contributed by atoms with Crippen molar-refractivity contribution in [2.75, 3.05) is 30.5 Å². The number of amides is 2. The number of benzene rings is 3. The predicted molar refractivity (Wildman–Crippen MR) is 142 cm³/mol. The zero-order valence-corrected chi connectivity index (χ0v) is 20.4. The molecule has 7 nitrogen and oxygen atoms in total. The van der Waals surface area contributed by atoms with Crippen molar-refractivity contribution in [2.24, 2.45) is 0 Å². The van der Waals surface area contributed by atoms with Crippen LogP contribution in [0.15, 0.2) is 78.9 Å². The van der Waals surface area contributed by atoms with E-state index in [0.717, 1.165) is 5.56 Å². The van der Waals surface area contributed by atoms with Crippen LogP contribution in [-0.2, 0) is 16.0 Å². The molecule has 3 N–H and O–H groups in total. The zero-order valence-electron chi connectivity index (χ0n) is 19.6. The Balaban J connectivity index is 1.41. The molecule has 0 aliphatic carbocycles. The quantitative estimate of drug-likeness (QED) is 0.264. The molecule has 0 atom stereocenters. The Bertz CT molecular complexity index is 1100. The van der Waals surface area contributed by atoms with Gasteiger partial charge < -0.3 is 20.1 Å². The van der Waals surface area contributed by atoms with E-state index < -0.39 is 0 Å². The molecule has 0 saturated carbocycles. The lowest BCUT2D eigenvalue weighted by atomic mass is 10.1. The number of aryl methyl sites for hydroxylation is 1. The summed E-state index contributed by atoms with van der Waals surface area (Å²) < 4.78 is 10.8. The van der Waals surface area contributed by atoms with Gasteiger partial charge in [-0.1, -0.05) is 30.3 Å². The highest BCUT2D eigenvalue weighted by molar-refractivity contribution is 7.80. The average molecular weight is 492 g/mol. The molecule has 0 spiro atoms. The van der Waals surface area contributed by atoms with Gasteiger partial charge in [-0.2, -0.15) is 0 Å². The molecule has 35 heavy (non-hydrogen) atoms. The summed E-state index contributed by atoms with van der Waals surface area (Å²) in [6.07, 6.45) is 1.09. The third kappa shape index (κ3) is 9.19. The smallest absolute Gasteiger partial charge is 0.257 e. The van der Waals surface area contributed by atoms with E-state index in [0.29, 0.717) is 55.4 Å². The summed E-state index contributed by atoms with van der Waals surface area (Å²) in [6, 6.07) is 23.8. The van der Waals surface area contributed by atoms with Gasteiger partial charge in [-0.05, 0) is 79.7 Å². The van der Waals surface area contributed by atoms with Gasteiger partial charge in [0.15, 0.2) is 5.11 Å². The van der Waals surface area contributed by atoms with E-state index in [-0.39, 0.29) is 16.9 Å². The lowest BCUT2D eigenvalue weighted by Gasteiger charge is -2.11. The standard InChI is InChI=1S/C27H29N3O4S/c1-2-33-18-19-34-24-15-9-21(10-16-24)26(32)30-27(35)29-23-13-11-22(12-14-23)28-25(31)17-8-20-6-4-3-5-7-20/h3-7,9-16H,2,8,17-19H2,1H3,(H,28,31)(H2,29,30,32,35). The third-order valence-electron chi connectivity index (χ3n) is 4.95. The number of ether oxygens (including phenoxy) is 2. The zero-order chi connectivity index (χ0) is 24.9. The van der Waals surface area contributed by atoms with Crippen molar-refractivity contribution < 1.29 is 19.1 Å². The van der Waals surface area contributed by atoms with E-state index in [4.69, 9.17) is 21.7 Å². The van der Waals surface area contributed by atoms with E-state index in [1.807, 2.05) is 37.3 Å². The molecule has 2 amide bonds. The number of carbonyl (C=O) groups is 2. The second-order valence-electron chi connectivity index (χ2n) is 7.59. The molecule has 0 radical (unpaired) electrons. The van der Waals surface area contributed by atoms with Crippen molar-refractivity contribution in [3.05, 3.63) is 90.0 Å². The molecule has 0 unspecified atom stereocenters. The van der Waals surface area contributed by atoms with Crippen LogP contribution < -0.4 is 20.7 Å². The highest BCUT2D eigenvalue weighted by Crippen LogP contribution is 2.15. The summed E-state index contributed by atoms with van der Waals surface area (Å²) in [4.78, 5) is 24.6. The van der Waals surface area contributed by atoms with Gasteiger partial charge in [0.1, 0.15) is 12.4 Å². The van der Waals surface area contributed by atoms with Crippen LogP contribution in [-0.4, -0.2) is 36.7 Å². The summed E-state index contributed by atoms with van der Waals surface area (Å²) in [5, 5.41) is 8.68. The summed E-state index contributed by atoms with van der Waals surface area (Å²) in [5.74, 6) is 0.280. The first-order valence-electron chi connectivity index (χ1n) is 11.4. The number of anilines is 2. The Hall–Kier alpha value is -3.75. The van der Waals surface area contributed by atoms with Crippen LogP contribution >= 0.6 is 12.2 Å². The molecule has 182 valence electrons. The van der Waals surface area contributed by atoms with Gasteiger partial charge in [-0.15, -0.1) is 0 Å². The van der Waals surface area contributed by atoms with Gasteiger partial charge in [-0.3, -0.25) is 14.9 Å². The number of thiocarbonyl (C=S) groups is 1. The van der Waals surface area contributed by atoms with Crippen molar-refractivity contribution in [1.29, 1.82) is 0 Å². The molecular formula is C27H29N3O4S. The first-order chi connectivity index (χ1) is 17.0. The van der Waals surface area contributed by atoms with Crippen LogP contribution in [0.5, 0.6) is 5.75 Å². The van der Waals surface area contributed by atoms with Crippen LogP contribution in [0, 0.1) is 0 Å². The summed E-state index contributed by atoms with van der Waals surface area (Å²) in [6.45, 7) is 3.53. The Labute approximate surface area is 210 Å². The second kappa shape index (κ2) is 13.8. The Morgan fingerprint density at radius 3 is 2.14 bits per heavy atom. The predicted octanol–water partition coefficient (Wildman–Crippen LogP) is 4.80. The topological polar surface area (TPSA) is 88.7 Å². The molecular weight excluding hydrogens is 462 g/mol. The number of hydrogen-bond donors (Lipinski definition) is 3. The van der Waals surface area contributed by atoms with Crippen molar-refractivity contribution in [2.45, 2.75) is 19.8 Å². The highest BCUT2D eigenvalue weighted by Gasteiger charge is 2.09. The van der Waals surface area contributed by atoms with Crippen LogP contribution in [0.3, 0.4) is 0 Å². The lowest BCUT2D eigenvalue weighted by molar-refractivity contribution is -0.116. The maximum atomic E-state index is 12.4. The van der Waals surface area contributed by atoms with Gasteiger partial charge in [-0.25, -0.2) is 0 Å². The van der Waals surface area contributed by atoms with Gasteiger partial charge >= 0.3 is 0 Å². The van der Waals surface area contributed by atoms with E-state index >= 15 is 0 Å². The lowest BCUT2D eigenvalue weighted by Crippen LogP contribution is -2.34. The highest BCUT2D eigenvalue weighted by atomic mass is 32.1. The summed E-state index contributed by atoms with van der Waals surface area (Å²) in [7, 11) is 0. The fourth-order valence-corrected chi connectivity index (χ4v) is 3.38. The van der Waals surface area contributed by atoms with Crippen LogP contribution in [0.4, 0.5) is 11.4 Å². The van der Waals surface area contributed by atoms with Crippen molar-refractivity contribution in [1.82, 2.24) is 5.32 Å². The van der Waals surface area contributed by atoms with Crippen LogP contribution in [0.25, 0.3) is 0 Å². The fourth-order valence-electron chi connectivity index (χ4n) is 3.17. The molecule has 0 heterocycles. The molecule has 0 aliphatic heterocycles. The Morgan fingerprint density at radius 2 is 1.49 bits per heavy atom.